The molecule has 76 valence electrons. The average Bonchev–Trinajstić information content (AvgIpc) is 2.00. The highest BCUT2D eigenvalue weighted by Crippen LogP contribution is 2.27. The Hall–Kier alpha value is -0.570. The number of nitrogens with zero attached hydrogens (tertiary/aromatic N) is 1. The lowest BCUT2D eigenvalue weighted by Gasteiger charge is -2.30. The van der Waals surface area contributed by atoms with Gasteiger partial charge in [-0.15, -0.1) is 0 Å². The summed E-state index contributed by atoms with van der Waals surface area (Å²) in [4.78, 5) is 13.5. The predicted octanol–water partition coefficient (Wildman–Crippen LogP) is 0.840. The largest absolute Gasteiger partial charge is 0.345 e. The van der Waals surface area contributed by atoms with Crippen molar-refractivity contribution in [3.8, 4) is 0 Å². The molecule has 1 aliphatic rings. The molecule has 2 N–H and O–H groups in total. The maximum atomic E-state index is 11.7. The monoisotopic (exact) mass is 184 g/mol. The lowest BCUT2D eigenvalue weighted by molar-refractivity contribution is -0.137. The number of rotatable bonds is 4. The first-order chi connectivity index (χ1) is 6.15. The number of hydrogen-bond acceptors (Lipinski definition) is 2. The van der Waals surface area contributed by atoms with E-state index in [4.69, 9.17) is 5.73 Å². The first-order valence-corrected chi connectivity index (χ1v) is 5.10. The molecule has 0 saturated heterocycles. The summed E-state index contributed by atoms with van der Waals surface area (Å²) in [6, 6.07) is 0. The molecule has 1 amide bonds. The van der Waals surface area contributed by atoms with Gasteiger partial charge in [0.1, 0.15) is 0 Å². The van der Waals surface area contributed by atoms with Gasteiger partial charge in [0, 0.05) is 19.5 Å². The maximum absolute atomic E-state index is 11.7. The van der Waals surface area contributed by atoms with Crippen molar-refractivity contribution >= 4 is 5.91 Å². The van der Waals surface area contributed by atoms with Crippen LogP contribution in [0.5, 0.6) is 0 Å². The van der Waals surface area contributed by atoms with Crippen LogP contribution in [0, 0.1) is 11.8 Å². The highest BCUT2D eigenvalue weighted by atomic mass is 16.2. The minimum absolute atomic E-state index is 0.312. The molecule has 1 atom stereocenters. The van der Waals surface area contributed by atoms with Crippen LogP contribution in [-0.2, 0) is 4.79 Å². The number of carbonyl (C=O) groups is 1. The third-order valence-corrected chi connectivity index (χ3v) is 2.82. The van der Waals surface area contributed by atoms with Gasteiger partial charge >= 0.3 is 0 Å². The molecule has 0 aromatic rings. The van der Waals surface area contributed by atoms with E-state index in [1.807, 2.05) is 11.9 Å². The molecule has 1 fully saturated rings. The number of nitrogens with two attached hydrogens (primary N) is 1. The Kier molecular flexibility index (Phi) is 3.72. The number of carbonyl (C=O) groups excluding carboxylic acids is 1. The van der Waals surface area contributed by atoms with Gasteiger partial charge in [-0.3, -0.25) is 4.79 Å². The van der Waals surface area contributed by atoms with E-state index in [9.17, 15) is 4.79 Å². The van der Waals surface area contributed by atoms with Crippen LogP contribution < -0.4 is 5.73 Å². The molecule has 0 aromatic carbocycles. The minimum atomic E-state index is 0.312. The van der Waals surface area contributed by atoms with Gasteiger partial charge in [0.2, 0.25) is 5.91 Å². The van der Waals surface area contributed by atoms with Crippen molar-refractivity contribution in [2.24, 2.45) is 17.6 Å². The Morgan fingerprint density at radius 2 is 2.23 bits per heavy atom. The standard InChI is InChI=1S/C10H20N2O/c1-8(6-11)7-12(2)10(13)9-4-3-5-9/h8-9H,3-7,11H2,1-2H3. The van der Waals surface area contributed by atoms with Crippen LogP contribution >= 0.6 is 0 Å². The molecule has 1 saturated carbocycles. The third kappa shape index (κ3) is 2.69. The van der Waals surface area contributed by atoms with E-state index in [2.05, 4.69) is 6.92 Å². The third-order valence-electron chi connectivity index (χ3n) is 2.82. The normalized spacial score (nSPS) is 19.3. The van der Waals surface area contributed by atoms with Gasteiger partial charge < -0.3 is 10.6 Å². The predicted molar refractivity (Wildman–Crippen MR) is 53.2 cm³/mol. The van der Waals surface area contributed by atoms with E-state index >= 15 is 0 Å². The molecular weight excluding hydrogens is 164 g/mol. The van der Waals surface area contributed by atoms with Gasteiger partial charge in [-0.05, 0) is 25.3 Å². The summed E-state index contributed by atoms with van der Waals surface area (Å²) in [5, 5.41) is 0. The molecule has 0 aliphatic heterocycles. The Balaban J connectivity index is 2.28. The highest BCUT2D eigenvalue weighted by molar-refractivity contribution is 5.79. The lowest BCUT2D eigenvalue weighted by atomic mass is 9.84. The summed E-state index contributed by atoms with van der Waals surface area (Å²) >= 11 is 0. The van der Waals surface area contributed by atoms with Gasteiger partial charge in [0.15, 0.2) is 0 Å². The van der Waals surface area contributed by atoms with E-state index < -0.39 is 0 Å². The fourth-order valence-corrected chi connectivity index (χ4v) is 1.60. The van der Waals surface area contributed by atoms with Gasteiger partial charge in [-0.1, -0.05) is 13.3 Å². The maximum Gasteiger partial charge on any atom is 0.225 e. The van der Waals surface area contributed by atoms with Gasteiger partial charge in [-0.25, -0.2) is 0 Å². The molecular formula is C10H20N2O. The fraction of sp³-hybridized carbons (Fsp3) is 0.900. The van der Waals surface area contributed by atoms with Crippen LogP contribution in [0.3, 0.4) is 0 Å². The van der Waals surface area contributed by atoms with Crippen LogP contribution in [-0.4, -0.2) is 30.9 Å². The van der Waals surface area contributed by atoms with Crippen LogP contribution in [0.4, 0.5) is 0 Å². The van der Waals surface area contributed by atoms with Gasteiger partial charge in [-0.2, -0.15) is 0 Å². The van der Waals surface area contributed by atoms with E-state index in [0.29, 0.717) is 24.3 Å². The Labute approximate surface area is 80.3 Å². The molecule has 0 spiro atoms. The van der Waals surface area contributed by atoms with Crippen molar-refractivity contribution in [2.45, 2.75) is 26.2 Å². The van der Waals surface area contributed by atoms with E-state index in [1.54, 1.807) is 0 Å². The molecule has 1 aliphatic carbocycles. The number of amides is 1. The van der Waals surface area contributed by atoms with Crippen LogP contribution in [0.25, 0.3) is 0 Å². The topological polar surface area (TPSA) is 46.3 Å². The smallest absolute Gasteiger partial charge is 0.225 e. The van der Waals surface area contributed by atoms with Crippen LogP contribution in [0.1, 0.15) is 26.2 Å². The summed E-state index contributed by atoms with van der Waals surface area (Å²) in [7, 11) is 1.88. The molecule has 0 radical (unpaired) electrons. The van der Waals surface area contributed by atoms with E-state index in [1.165, 1.54) is 6.42 Å². The average molecular weight is 184 g/mol. The van der Waals surface area contributed by atoms with Crippen molar-refractivity contribution in [3.63, 3.8) is 0 Å². The summed E-state index contributed by atoms with van der Waals surface area (Å²) in [6.07, 6.45) is 3.39. The van der Waals surface area contributed by atoms with Crippen molar-refractivity contribution < 1.29 is 4.79 Å². The van der Waals surface area contributed by atoms with Crippen molar-refractivity contribution in [2.75, 3.05) is 20.1 Å². The minimum Gasteiger partial charge on any atom is -0.345 e. The summed E-state index contributed by atoms with van der Waals surface area (Å²) in [5.74, 6) is 1.04. The first-order valence-electron chi connectivity index (χ1n) is 5.10. The van der Waals surface area contributed by atoms with Gasteiger partial charge in [0.25, 0.3) is 0 Å². The second-order valence-electron chi connectivity index (χ2n) is 4.19. The van der Waals surface area contributed by atoms with Crippen molar-refractivity contribution in [1.82, 2.24) is 4.90 Å². The zero-order valence-corrected chi connectivity index (χ0v) is 8.62. The Morgan fingerprint density at radius 1 is 1.62 bits per heavy atom. The van der Waals surface area contributed by atoms with E-state index in [0.717, 1.165) is 19.4 Å². The molecule has 1 rings (SSSR count). The Bertz CT molecular complexity index is 178. The zero-order chi connectivity index (χ0) is 9.84. The molecule has 1 unspecified atom stereocenters. The number of hydrogen-bond donors (Lipinski definition) is 1. The van der Waals surface area contributed by atoms with E-state index in [-0.39, 0.29) is 0 Å². The zero-order valence-electron chi connectivity index (χ0n) is 8.62. The lowest BCUT2D eigenvalue weighted by Crippen LogP contribution is -2.39. The molecule has 3 heteroatoms. The van der Waals surface area contributed by atoms with Crippen LogP contribution in [0.15, 0.2) is 0 Å². The first kappa shape index (κ1) is 10.5. The summed E-state index contributed by atoms with van der Waals surface area (Å²) in [6.45, 7) is 3.53. The van der Waals surface area contributed by atoms with Crippen molar-refractivity contribution in [3.05, 3.63) is 0 Å². The highest BCUT2D eigenvalue weighted by Gasteiger charge is 2.27. The van der Waals surface area contributed by atoms with Crippen LogP contribution in [0.2, 0.25) is 0 Å². The summed E-state index contributed by atoms with van der Waals surface area (Å²) < 4.78 is 0. The molecule has 3 nitrogen and oxygen atoms in total. The van der Waals surface area contributed by atoms with Crippen molar-refractivity contribution in [1.29, 1.82) is 0 Å². The second kappa shape index (κ2) is 4.61. The SMILES string of the molecule is CC(CN)CN(C)C(=O)C1CCC1. The quantitative estimate of drug-likeness (QED) is 0.703. The molecule has 0 heterocycles. The molecule has 13 heavy (non-hydrogen) atoms. The molecule has 0 bridgehead atoms. The summed E-state index contributed by atoms with van der Waals surface area (Å²) in [5.41, 5.74) is 5.51. The Morgan fingerprint density at radius 3 is 2.62 bits per heavy atom. The fourth-order valence-electron chi connectivity index (χ4n) is 1.60. The molecule has 0 aromatic heterocycles. The second-order valence-corrected chi connectivity index (χ2v) is 4.19. The van der Waals surface area contributed by atoms with Gasteiger partial charge in [0.05, 0.1) is 0 Å².